The molecule has 0 spiro atoms. The Morgan fingerprint density at radius 1 is 0.491 bits per heavy atom. The monoisotopic (exact) mass is 708 g/mol. The van der Waals surface area contributed by atoms with E-state index in [1.807, 2.05) is 0 Å². The summed E-state index contributed by atoms with van der Waals surface area (Å²) in [5, 5.41) is 0. The van der Waals surface area contributed by atoms with Crippen LogP contribution in [0.4, 0.5) is 0 Å². The van der Waals surface area contributed by atoms with Crippen LogP contribution >= 0.6 is 0 Å². The van der Waals surface area contributed by atoms with Gasteiger partial charge in [0.15, 0.2) is 0 Å². The molecule has 0 radical (unpaired) electrons. The number of hydrogen-bond acceptors (Lipinski definition) is 10. The van der Waals surface area contributed by atoms with Crippen molar-refractivity contribution in [3.05, 3.63) is 152 Å². The Bertz CT molecular complexity index is 2260. The predicted molar refractivity (Wildman–Crippen MR) is 198 cm³/mol. The lowest BCUT2D eigenvalue weighted by molar-refractivity contribution is -0.131. The molecule has 10 nitrogen and oxygen atoms in total. The van der Waals surface area contributed by atoms with Crippen LogP contribution in [-0.4, -0.2) is 29.8 Å². The van der Waals surface area contributed by atoms with Gasteiger partial charge in [-0.15, -0.1) is 0 Å². The molecule has 4 aromatic carbocycles. The number of carbonyl (C=O) groups is 5. The minimum Gasteiger partial charge on any atom is -0.423 e. The number of esters is 5. The van der Waals surface area contributed by atoms with E-state index in [0.717, 1.165) is 18.2 Å². The largest absolute Gasteiger partial charge is 0.423 e. The van der Waals surface area contributed by atoms with Crippen LogP contribution in [-0.2, 0) is 24.0 Å². The van der Waals surface area contributed by atoms with E-state index in [1.54, 1.807) is 61.5 Å². The molecule has 53 heavy (non-hydrogen) atoms. The number of carbonyl (C=O) groups excluding carboxylic acids is 5. The Hall–Kier alpha value is -7.51. The molecule has 0 N–H and O–H groups in total. The zero-order valence-electron chi connectivity index (χ0n) is 28.9. The lowest BCUT2D eigenvalue weighted by Crippen LogP contribution is -2.10. The second-order valence-corrected chi connectivity index (χ2v) is 11.1. The molecular formula is C43H32O10. The molecule has 4 rings (SSSR count). The van der Waals surface area contributed by atoms with E-state index in [0.29, 0.717) is 39.1 Å². The first-order valence-corrected chi connectivity index (χ1v) is 15.6. The molecule has 0 unspecified atom stereocenters. The third kappa shape index (κ3) is 10.3. The quantitative estimate of drug-likeness (QED) is 0.0626. The summed E-state index contributed by atoms with van der Waals surface area (Å²) in [5.74, 6) is 3.18. The number of hydrogen-bond donors (Lipinski definition) is 0. The summed E-state index contributed by atoms with van der Waals surface area (Å²) in [6.45, 7) is 20.5. The van der Waals surface area contributed by atoms with Gasteiger partial charge in [0.25, 0.3) is 0 Å². The maximum absolute atomic E-state index is 12.4. The van der Waals surface area contributed by atoms with Crippen molar-refractivity contribution in [3.8, 4) is 62.8 Å². The Morgan fingerprint density at radius 3 is 1.32 bits per heavy atom. The van der Waals surface area contributed by atoms with Crippen LogP contribution < -0.4 is 23.7 Å². The van der Waals surface area contributed by atoms with E-state index in [2.05, 4.69) is 44.7 Å². The van der Waals surface area contributed by atoms with Crippen molar-refractivity contribution in [2.75, 3.05) is 0 Å². The van der Waals surface area contributed by atoms with E-state index in [9.17, 15) is 24.0 Å². The molecular weight excluding hydrogens is 676 g/mol. The topological polar surface area (TPSA) is 132 Å². The highest BCUT2D eigenvalue weighted by atomic mass is 16.6. The van der Waals surface area contributed by atoms with Gasteiger partial charge in [0, 0.05) is 63.3 Å². The first kappa shape index (κ1) is 38.3. The highest BCUT2D eigenvalue weighted by molar-refractivity contribution is 5.91. The number of rotatable bonds is 12. The maximum atomic E-state index is 12.4. The van der Waals surface area contributed by atoms with Crippen LogP contribution in [0.2, 0.25) is 0 Å². The molecule has 0 bridgehead atoms. The van der Waals surface area contributed by atoms with Gasteiger partial charge in [0.05, 0.1) is 0 Å². The fraction of sp³-hybridized carbons (Fsp3) is 0.0465. The molecule has 264 valence electrons. The summed E-state index contributed by atoms with van der Waals surface area (Å²) in [6.07, 6.45) is 2.98. The molecule has 10 heteroatoms. The van der Waals surface area contributed by atoms with Crippen molar-refractivity contribution < 1.29 is 47.7 Å². The highest BCUT2D eigenvalue weighted by Crippen LogP contribution is 2.40. The third-order valence-electron chi connectivity index (χ3n) is 6.97. The van der Waals surface area contributed by atoms with Gasteiger partial charge in [-0.2, -0.15) is 0 Å². The first-order chi connectivity index (χ1) is 25.3. The second-order valence-electron chi connectivity index (χ2n) is 11.1. The van der Waals surface area contributed by atoms with Gasteiger partial charge < -0.3 is 23.7 Å². The van der Waals surface area contributed by atoms with Crippen LogP contribution in [0, 0.1) is 11.8 Å². The van der Waals surface area contributed by atoms with Crippen LogP contribution in [0.1, 0.15) is 25.0 Å². The maximum Gasteiger partial charge on any atom is 0.338 e. The van der Waals surface area contributed by atoms with Gasteiger partial charge in [-0.25, -0.2) is 24.0 Å². The fourth-order valence-corrected chi connectivity index (χ4v) is 4.39. The number of benzene rings is 4. The van der Waals surface area contributed by atoms with E-state index < -0.39 is 29.8 Å². The zero-order valence-corrected chi connectivity index (χ0v) is 28.9. The molecule has 0 fully saturated rings. The molecule has 0 aliphatic carbocycles. The number of ether oxygens (including phenoxy) is 5. The van der Waals surface area contributed by atoms with Crippen LogP contribution in [0.15, 0.2) is 141 Å². The molecule has 4 aromatic rings. The minimum atomic E-state index is -0.785. The molecule has 0 saturated heterocycles. The van der Waals surface area contributed by atoms with Gasteiger partial charge in [-0.3, -0.25) is 0 Å². The van der Waals surface area contributed by atoms with Gasteiger partial charge in [0.1, 0.15) is 28.7 Å². The first-order valence-electron chi connectivity index (χ1n) is 15.6. The Labute approximate surface area is 305 Å². The van der Waals surface area contributed by atoms with Crippen molar-refractivity contribution in [3.63, 3.8) is 0 Å². The zero-order chi connectivity index (χ0) is 38.7. The molecule has 0 atom stereocenters. The lowest BCUT2D eigenvalue weighted by Gasteiger charge is -2.15. The summed E-state index contributed by atoms with van der Waals surface area (Å²) < 4.78 is 27.1. The van der Waals surface area contributed by atoms with Crippen molar-refractivity contribution in [2.45, 2.75) is 13.8 Å². The molecule has 0 saturated carbocycles. The van der Waals surface area contributed by atoms with Gasteiger partial charge in [-0.05, 0) is 80.1 Å². The van der Waals surface area contributed by atoms with E-state index >= 15 is 0 Å². The van der Waals surface area contributed by atoms with Gasteiger partial charge in [0.2, 0.25) is 0 Å². The molecule has 0 amide bonds. The summed E-state index contributed by atoms with van der Waals surface area (Å²) >= 11 is 0. The smallest absolute Gasteiger partial charge is 0.338 e. The van der Waals surface area contributed by atoms with Crippen LogP contribution in [0.5, 0.6) is 28.7 Å². The fourth-order valence-electron chi connectivity index (χ4n) is 4.39. The van der Waals surface area contributed by atoms with E-state index in [4.69, 9.17) is 23.7 Å². The van der Waals surface area contributed by atoms with Crippen LogP contribution in [0.3, 0.4) is 0 Å². The van der Waals surface area contributed by atoms with Crippen molar-refractivity contribution in [1.82, 2.24) is 0 Å². The van der Waals surface area contributed by atoms with E-state index in [-0.39, 0.29) is 34.1 Å². The van der Waals surface area contributed by atoms with Gasteiger partial charge in [-0.1, -0.05) is 56.9 Å². The van der Waals surface area contributed by atoms with Crippen LogP contribution in [0.25, 0.3) is 22.3 Å². The molecule has 0 aromatic heterocycles. The standard InChI is InChI=1S/C43H32O10/c1-8-39(44)51-36-23-28(13-20-33(36)30-15-17-31(18-16-30)49-42(47)26(4)5)11-12-29-14-21-34(37(24-29)52-40(45)9-2)35-22-19-32(50-43(48)27(6)7)25-38(35)53-41(46)10-3/h8-10,13-25H,1-4,6H2,5,7H3. The Balaban J connectivity index is 1.74. The Kier molecular flexibility index (Phi) is 12.6. The normalized spacial score (nSPS) is 9.92. The minimum absolute atomic E-state index is 0.0131. The second kappa shape index (κ2) is 17.4. The third-order valence-corrected chi connectivity index (χ3v) is 6.97. The van der Waals surface area contributed by atoms with Gasteiger partial charge >= 0.3 is 29.8 Å². The average molecular weight is 709 g/mol. The van der Waals surface area contributed by atoms with Crippen molar-refractivity contribution in [2.24, 2.45) is 0 Å². The van der Waals surface area contributed by atoms with Crippen molar-refractivity contribution >= 4 is 29.8 Å². The predicted octanol–water partition coefficient (Wildman–Crippen LogP) is 7.66. The SMILES string of the molecule is C=CC(=O)Oc1cc(C#Cc2ccc(-c3ccc(OC(=O)C(=C)C)cc3OC(=O)C=C)c(OC(=O)C=C)c2)ccc1-c1ccc(OC(=O)C(=C)C)cc1. The highest BCUT2D eigenvalue weighted by Gasteiger charge is 2.19. The van der Waals surface area contributed by atoms with E-state index in [1.165, 1.54) is 31.2 Å². The van der Waals surface area contributed by atoms with Crippen molar-refractivity contribution in [1.29, 1.82) is 0 Å². The Morgan fingerprint density at radius 2 is 0.868 bits per heavy atom. The lowest BCUT2D eigenvalue weighted by atomic mass is 10.0. The summed E-state index contributed by atoms with van der Waals surface area (Å²) in [4.78, 5) is 60.9. The summed E-state index contributed by atoms with van der Waals surface area (Å²) in [7, 11) is 0. The molecule has 0 aliphatic rings. The summed E-state index contributed by atoms with van der Waals surface area (Å²) in [6, 6.07) is 20.7. The average Bonchev–Trinajstić information content (AvgIpc) is 3.14. The summed E-state index contributed by atoms with van der Waals surface area (Å²) in [5.41, 5.74) is 3.17. The molecule has 0 heterocycles. The molecule has 0 aliphatic heterocycles.